The Morgan fingerprint density at radius 1 is 0.920 bits per heavy atom. The Bertz CT molecular complexity index is 789. The van der Waals surface area contributed by atoms with Crippen LogP contribution in [0.25, 0.3) is 0 Å². The molecule has 0 saturated heterocycles. The highest BCUT2D eigenvalue weighted by Gasteiger charge is 2.55. The van der Waals surface area contributed by atoms with Crippen LogP contribution >= 0.6 is 0 Å². The van der Waals surface area contributed by atoms with E-state index in [9.17, 15) is 4.79 Å². The van der Waals surface area contributed by atoms with Crippen LogP contribution in [0, 0.1) is 17.3 Å². The average molecular weight is 332 g/mol. The highest BCUT2D eigenvalue weighted by atomic mass is 16.1. The normalized spacial score (nSPS) is 30.2. The number of aryl methyl sites for hydroxylation is 1. The van der Waals surface area contributed by atoms with E-state index < -0.39 is 0 Å². The topological polar surface area (TPSA) is 17.1 Å². The molecule has 0 unspecified atom stereocenters. The van der Waals surface area contributed by atoms with Gasteiger partial charge in [-0.25, -0.2) is 0 Å². The number of rotatable bonds is 2. The van der Waals surface area contributed by atoms with Gasteiger partial charge in [0.2, 0.25) is 0 Å². The SMILES string of the molecule is CC1(C)[C@H]2CCc3ccccc3[C@]2(C)CC[C@H]1C(=O)c1ccccc1. The molecule has 0 aromatic heterocycles. The van der Waals surface area contributed by atoms with Gasteiger partial charge in [-0.15, -0.1) is 0 Å². The number of hydrogen-bond acceptors (Lipinski definition) is 1. The number of ketones is 1. The molecule has 4 rings (SSSR count). The molecular weight excluding hydrogens is 304 g/mol. The Morgan fingerprint density at radius 3 is 2.36 bits per heavy atom. The summed E-state index contributed by atoms with van der Waals surface area (Å²) in [5, 5.41) is 0. The quantitative estimate of drug-likeness (QED) is 0.633. The second-order valence-electron chi connectivity index (χ2n) is 8.81. The molecule has 0 aliphatic heterocycles. The number of carbonyl (C=O) groups is 1. The fourth-order valence-corrected chi connectivity index (χ4v) is 5.94. The zero-order chi connectivity index (χ0) is 17.7. The van der Waals surface area contributed by atoms with Crippen molar-refractivity contribution in [2.24, 2.45) is 17.3 Å². The minimum atomic E-state index is 0.0213. The van der Waals surface area contributed by atoms with Crippen LogP contribution in [0.1, 0.15) is 61.5 Å². The van der Waals surface area contributed by atoms with Gasteiger partial charge in [0.25, 0.3) is 0 Å². The molecule has 130 valence electrons. The molecular formula is C24H28O. The van der Waals surface area contributed by atoms with Crippen LogP contribution in [0.3, 0.4) is 0 Å². The monoisotopic (exact) mass is 332 g/mol. The second-order valence-corrected chi connectivity index (χ2v) is 8.81. The third kappa shape index (κ3) is 2.47. The lowest BCUT2D eigenvalue weighted by Gasteiger charge is -2.57. The maximum absolute atomic E-state index is 13.2. The second kappa shape index (κ2) is 5.83. The van der Waals surface area contributed by atoms with Gasteiger partial charge in [0, 0.05) is 11.5 Å². The average Bonchev–Trinajstić information content (AvgIpc) is 2.62. The number of hydrogen-bond donors (Lipinski definition) is 0. The van der Waals surface area contributed by atoms with Gasteiger partial charge in [0.15, 0.2) is 5.78 Å². The van der Waals surface area contributed by atoms with Gasteiger partial charge in [0.1, 0.15) is 0 Å². The van der Waals surface area contributed by atoms with Gasteiger partial charge in [-0.2, -0.15) is 0 Å². The molecule has 1 heteroatoms. The summed E-state index contributed by atoms with van der Waals surface area (Å²) in [4.78, 5) is 13.2. The Hall–Kier alpha value is -1.89. The molecule has 2 aromatic rings. The summed E-state index contributed by atoms with van der Waals surface area (Å²) in [5.41, 5.74) is 4.15. The third-order valence-corrected chi connectivity index (χ3v) is 7.23. The number of Topliss-reactive ketones (excluding diaryl/α,β-unsaturated/α-hetero) is 1. The Kier molecular flexibility index (Phi) is 3.86. The van der Waals surface area contributed by atoms with Crippen LogP contribution in [0.2, 0.25) is 0 Å². The molecule has 0 amide bonds. The first kappa shape index (κ1) is 16.6. The lowest BCUT2D eigenvalue weighted by Crippen LogP contribution is -2.53. The van der Waals surface area contributed by atoms with Gasteiger partial charge in [-0.1, -0.05) is 75.4 Å². The molecule has 1 nitrogen and oxygen atoms in total. The van der Waals surface area contributed by atoms with E-state index in [-0.39, 0.29) is 16.7 Å². The zero-order valence-electron chi connectivity index (χ0n) is 15.6. The lowest BCUT2D eigenvalue weighted by molar-refractivity contribution is -0.00589. The highest BCUT2D eigenvalue weighted by molar-refractivity contribution is 5.98. The number of carbonyl (C=O) groups excluding carboxylic acids is 1. The predicted octanol–water partition coefficient (Wildman–Crippen LogP) is 5.83. The number of benzene rings is 2. The summed E-state index contributed by atoms with van der Waals surface area (Å²) < 4.78 is 0. The van der Waals surface area contributed by atoms with Gasteiger partial charge in [0.05, 0.1) is 0 Å². The molecule has 1 fully saturated rings. The third-order valence-electron chi connectivity index (χ3n) is 7.23. The van der Waals surface area contributed by atoms with Gasteiger partial charge >= 0.3 is 0 Å². The van der Waals surface area contributed by atoms with Crippen molar-refractivity contribution in [3.63, 3.8) is 0 Å². The Morgan fingerprint density at radius 2 is 1.60 bits per heavy atom. The highest BCUT2D eigenvalue weighted by Crippen LogP contribution is 2.59. The lowest BCUT2D eigenvalue weighted by atomic mass is 9.46. The van der Waals surface area contributed by atoms with Crippen molar-refractivity contribution in [1.29, 1.82) is 0 Å². The van der Waals surface area contributed by atoms with Crippen molar-refractivity contribution >= 4 is 5.78 Å². The summed E-state index contributed by atoms with van der Waals surface area (Å²) in [6.07, 6.45) is 4.44. The molecule has 2 aliphatic carbocycles. The van der Waals surface area contributed by atoms with Crippen LogP contribution in [0.5, 0.6) is 0 Å². The van der Waals surface area contributed by atoms with Crippen LogP contribution in [-0.4, -0.2) is 5.78 Å². The van der Waals surface area contributed by atoms with E-state index in [1.165, 1.54) is 17.5 Å². The van der Waals surface area contributed by atoms with E-state index in [0.29, 0.717) is 11.7 Å². The van der Waals surface area contributed by atoms with Gasteiger partial charge in [-0.3, -0.25) is 4.79 Å². The van der Waals surface area contributed by atoms with Gasteiger partial charge in [-0.05, 0) is 53.6 Å². The Balaban J connectivity index is 1.71. The van der Waals surface area contributed by atoms with E-state index in [1.54, 1.807) is 0 Å². The minimum absolute atomic E-state index is 0.0213. The molecule has 0 N–H and O–H groups in total. The van der Waals surface area contributed by atoms with Crippen molar-refractivity contribution in [2.75, 3.05) is 0 Å². The van der Waals surface area contributed by atoms with Crippen molar-refractivity contribution in [3.05, 3.63) is 71.3 Å². The standard InChI is InChI=1S/C24H28O/c1-23(2)20(22(25)18-10-5-4-6-11-18)15-16-24(3)19-12-8-7-9-17(19)13-14-21(23)24/h4-12,20-21H,13-16H2,1-3H3/t20-,21+,24-/m0/s1. The first-order chi connectivity index (χ1) is 11.9. The fourth-order valence-electron chi connectivity index (χ4n) is 5.94. The van der Waals surface area contributed by atoms with Crippen molar-refractivity contribution < 1.29 is 4.79 Å². The van der Waals surface area contributed by atoms with E-state index in [1.807, 2.05) is 30.3 Å². The number of fused-ring (bicyclic) bond motifs is 3. The molecule has 2 aliphatic rings. The minimum Gasteiger partial charge on any atom is -0.294 e. The van der Waals surface area contributed by atoms with Crippen LogP contribution in [0.4, 0.5) is 0 Å². The summed E-state index contributed by atoms with van der Waals surface area (Å²) >= 11 is 0. The van der Waals surface area contributed by atoms with E-state index in [0.717, 1.165) is 24.8 Å². The van der Waals surface area contributed by atoms with Gasteiger partial charge < -0.3 is 0 Å². The molecule has 3 atom stereocenters. The van der Waals surface area contributed by atoms with Crippen molar-refractivity contribution in [2.45, 2.75) is 51.9 Å². The van der Waals surface area contributed by atoms with Crippen molar-refractivity contribution in [1.82, 2.24) is 0 Å². The Labute approximate surface area is 151 Å². The molecule has 1 saturated carbocycles. The molecule has 2 aromatic carbocycles. The summed E-state index contributed by atoms with van der Waals surface area (Å²) in [7, 11) is 0. The smallest absolute Gasteiger partial charge is 0.166 e. The predicted molar refractivity (Wildman–Crippen MR) is 103 cm³/mol. The first-order valence-electron chi connectivity index (χ1n) is 9.62. The van der Waals surface area contributed by atoms with E-state index in [4.69, 9.17) is 0 Å². The first-order valence-corrected chi connectivity index (χ1v) is 9.62. The van der Waals surface area contributed by atoms with Crippen LogP contribution in [-0.2, 0) is 11.8 Å². The molecule has 0 bridgehead atoms. The largest absolute Gasteiger partial charge is 0.294 e. The van der Waals surface area contributed by atoms with E-state index >= 15 is 0 Å². The van der Waals surface area contributed by atoms with E-state index in [2.05, 4.69) is 45.0 Å². The maximum Gasteiger partial charge on any atom is 0.166 e. The summed E-state index contributed by atoms with van der Waals surface area (Å²) in [6.45, 7) is 7.13. The molecule has 0 heterocycles. The van der Waals surface area contributed by atoms with Crippen LogP contribution < -0.4 is 0 Å². The summed E-state index contributed by atoms with van der Waals surface area (Å²) in [5.74, 6) is 1.02. The molecule has 0 spiro atoms. The van der Waals surface area contributed by atoms with Crippen LogP contribution in [0.15, 0.2) is 54.6 Å². The molecule has 25 heavy (non-hydrogen) atoms. The molecule has 0 radical (unpaired) electrons. The fraction of sp³-hybridized carbons (Fsp3) is 0.458. The summed E-state index contributed by atoms with van der Waals surface area (Å²) in [6, 6.07) is 18.9. The van der Waals surface area contributed by atoms with Crippen molar-refractivity contribution in [3.8, 4) is 0 Å². The zero-order valence-corrected chi connectivity index (χ0v) is 15.6. The maximum atomic E-state index is 13.2.